The maximum absolute atomic E-state index is 12.7. The van der Waals surface area contributed by atoms with Gasteiger partial charge in [-0.3, -0.25) is 4.79 Å². The highest BCUT2D eigenvalue weighted by atomic mass is 19.1. The number of hydrogen-bond acceptors (Lipinski definition) is 4. The highest BCUT2D eigenvalue weighted by molar-refractivity contribution is 5.59. The number of nitrogens with two attached hydrogens (primary N) is 2. The topological polar surface area (TPSA) is 86.9 Å². The third-order valence-corrected chi connectivity index (χ3v) is 2.12. The number of nitrogen functional groups attached to an aromatic ring is 2. The number of hydrogen-bond donors (Lipinski definition) is 2. The van der Waals surface area contributed by atoms with Crippen LogP contribution < -0.4 is 17.1 Å². The Bertz CT molecular complexity index is 576. The van der Waals surface area contributed by atoms with Crippen LogP contribution in [-0.4, -0.2) is 9.66 Å². The molecule has 1 aromatic carbocycles. The number of anilines is 1. The second kappa shape index (κ2) is 3.65. The molecule has 2 aromatic rings. The minimum absolute atomic E-state index is 0.0909. The third kappa shape index (κ3) is 1.72. The van der Waals surface area contributed by atoms with E-state index in [1.807, 2.05) is 0 Å². The monoisotopic (exact) mass is 220 g/mol. The summed E-state index contributed by atoms with van der Waals surface area (Å²) >= 11 is 0. The summed E-state index contributed by atoms with van der Waals surface area (Å²) in [5, 5.41) is 0. The zero-order valence-electron chi connectivity index (χ0n) is 8.22. The van der Waals surface area contributed by atoms with Gasteiger partial charge in [0.05, 0.1) is 5.69 Å². The van der Waals surface area contributed by atoms with Crippen LogP contribution in [0.5, 0.6) is 0 Å². The summed E-state index contributed by atoms with van der Waals surface area (Å²) in [6, 6.07) is 6.82. The van der Waals surface area contributed by atoms with Crippen LogP contribution in [-0.2, 0) is 0 Å². The Morgan fingerprint density at radius 3 is 2.44 bits per heavy atom. The van der Waals surface area contributed by atoms with Crippen LogP contribution in [0.1, 0.15) is 0 Å². The highest BCUT2D eigenvalue weighted by Crippen LogP contribution is 2.16. The van der Waals surface area contributed by atoms with Gasteiger partial charge >= 0.3 is 0 Å². The Balaban J connectivity index is 2.57. The van der Waals surface area contributed by atoms with Crippen molar-refractivity contribution in [3.8, 4) is 11.3 Å². The van der Waals surface area contributed by atoms with Crippen LogP contribution >= 0.6 is 0 Å². The largest absolute Gasteiger partial charge is 0.368 e. The highest BCUT2D eigenvalue weighted by Gasteiger charge is 2.05. The quantitative estimate of drug-likeness (QED) is 0.678. The first-order valence-corrected chi connectivity index (χ1v) is 4.48. The summed E-state index contributed by atoms with van der Waals surface area (Å²) in [5.41, 5.74) is 5.94. The van der Waals surface area contributed by atoms with Gasteiger partial charge < -0.3 is 11.6 Å². The van der Waals surface area contributed by atoms with E-state index in [2.05, 4.69) is 4.98 Å². The molecule has 0 saturated heterocycles. The molecule has 0 atom stereocenters. The summed E-state index contributed by atoms with van der Waals surface area (Å²) in [5.74, 6) is 4.86. The van der Waals surface area contributed by atoms with E-state index in [9.17, 15) is 9.18 Å². The molecule has 0 fully saturated rings. The number of aromatic nitrogens is 2. The normalized spacial score (nSPS) is 10.3. The number of nitrogens with zero attached hydrogens (tertiary/aromatic N) is 2. The van der Waals surface area contributed by atoms with Crippen molar-refractivity contribution in [2.45, 2.75) is 0 Å². The molecule has 82 valence electrons. The smallest absolute Gasteiger partial charge is 0.273 e. The van der Waals surface area contributed by atoms with Crippen molar-refractivity contribution in [1.82, 2.24) is 9.66 Å². The molecule has 1 aromatic heterocycles. The molecule has 6 heteroatoms. The average molecular weight is 220 g/mol. The minimum atomic E-state index is -0.466. The lowest BCUT2D eigenvalue weighted by molar-refractivity contribution is 0.628. The Morgan fingerprint density at radius 2 is 1.88 bits per heavy atom. The standard InChI is InChI=1S/C10H9FN4O/c11-7-3-1-6(2-4-7)8-5-9(16)15(13)10(12)14-8/h1-5H,13H2,(H2,12,14). The molecule has 0 spiro atoms. The van der Waals surface area contributed by atoms with E-state index in [0.29, 0.717) is 11.3 Å². The Kier molecular flexibility index (Phi) is 2.32. The van der Waals surface area contributed by atoms with Gasteiger partial charge in [-0.2, -0.15) is 4.68 Å². The fraction of sp³-hybridized carbons (Fsp3) is 0. The number of benzene rings is 1. The molecule has 4 N–H and O–H groups in total. The first kappa shape index (κ1) is 10.2. The van der Waals surface area contributed by atoms with Crippen molar-refractivity contribution in [2.24, 2.45) is 0 Å². The van der Waals surface area contributed by atoms with Gasteiger partial charge in [0.25, 0.3) is 5.56 Å². The molecule has 0 aliphatic rings. The summed E-state index contributed by atoms with van der Waals surface area (Å²) in [4.78, 5) is 15.3. The summed E-state index contributed by atoms with van der Waals surface area (Å²) in [6.07, 6.45) is 0. The van der Waals surface area contributed by atoms with Crippen LogP contribution in [0.4, 0.5) is 10.3 Å². The molecule has 0 radical (unpaired) electrons. The lowest BCUT2D eigenvalue weighted by Crippen LogP contribution is -2.30. The molecule has 2 rings (SSSR count). The second-order valence-corrected chi connectivity index (χ2v) is 3.21. The Hall–Kier alpha value is -2.37. The molecule has 0 unspecified atom stereocenters. The predicted octanol–water partition coefficient (Wildman–Crippen LogP) is 0.345. The van der Waals surface area contributed by atoms with Crippen molar-refractivity contribution in [1.29, 1.82) is 0 Å². The molecular weight excluding hydrogens is 211 g/mol. The Morgan fingerprint density at radius 1 is 1.25 bits per heavy atom. The lowest BCUT2D eigenvalue weighted by atomic mass is 10.1. The molecule has 5 nitrogen and oxygen atoms in total. The summed E-state index contributed by atoms with van der Waals surface area (Å²) < 4.78 is 13.4. The molecule has 0 bridgehead atoms. The Labute approximate surface area is 90.1 Å². The molecule has 16 heavy (non-hydrogen) atoms. The van der Waals surface area contributed by atoms with Gasteiger partial charge in [0.2, 0.25) is 5.95 Å². The number of rotatable bonds is 1. The van der Waals surface area contributed by atoms with Gasteiger partial charge in [0, 0.05) is 11.6 Å². The van der Waals surface area contributed by atoms with Gasteiger partial charge in [0.15, 0.2) is 0 Å². The van der Waals surface area contributed by atoms with Crippen LogP contribution in [0.2, 0.25) is 0 Å². The fourth-order valence-corrected chi connectivity index (χ4v) is 1.28. The SMILES string of the molecule is Nc1nc(-c2ccc(F)cc2)cc(=O)n1N. The second-order valence-electron chi connectivity index (χ2n) is 3.21. The molecule has 1 heterocycles. The van der Waals surface area contributed by atoms with E-state index in [1.165, 1.54) is 30.3 Å². The van der Waals surface area contributed by atoms with Crippen molar-refractivity contribution in [2.75, 3.05) is 11.6 Å². The van der Waals surface area contributed by atoms with E-state index >= 15 is 0 Å². The number of halogens is 1. The van der Waals surface area contributed by atoms with Gasteiger partial charge in [-0.25, -0.2) is 9.37 Å². The van der Waals surface area contributed by atoms with Crippen LogP contribution in [0.25, 0.3) is 11.3 Å². The minimum Gasteiger partial charge on any atom is -0.368 e. The zero-order valence-corrected chi connectivity index (χ0v) is 8.22. The van der Waals surface area contributed by atoms with Gasteiger partial charge in [-0.15, -0.1) is 0 Å². The predicted molar refractivity (Wildman–Crippen MR) is 58.5 cm³/mol. The first-order valence-electron chi connectivity index (χ1n) is 4.48. The molecule has 0 saturated carbocycles. The van der Waals surface area contributed by atoms with Crippen molar-refractivity contribution in [3.05, 3.63) is 46.5 Å². The maximum atomic E-state index is 12.7. The van der Waals surface area contributed by atoms with Crippen LogP contribution in [0, 0.1) is 5.82 Å². The van der Waals surface area contributed by atoms with Gasteiger partial charge in [-0.1, -0.05) is 0 Å². The molecular formula is C10H9FN4O. The van der Waals surface area contributed by atoms with E-state index < -0.39 is 5.56 Å². The van der Waals surface area contributed by atoms with Crippen LogP contribution in [0.3, 0.4) is 0 Å². The van der Waals surface area contributed by atoms with Crippen LogP contribution in [0.15, 0.2) is 35.1 Å². The lowest BCUT2D eigenvalue weighted by Gasteiger charge is -2.04. The maximum Gasteiger partial charge on any atom is 0.273 e. The van der Waals surface area contributed by atoms with E-state index in [0.717, 1.165) is 4.68 Å². The zero-order chi connectivity index (χ0) is 11.7. The van der Waals surface area contributed by atoms with E-state index in [4.69, 9.17) is 11.6 Å². The molecule has 0 aliphatic heterocycles. The van der Waals surface area contributed by atoms with Crippen molar-refractivity contribution >= 4 is 5.95 Å². The molecule has 0 amide bonds. The molecule has 0 aliphatic carbocycles. The van der Waals surface area contributed by atoms with E-state index in [-0.39, 0.29) is 11.8 Å². The third-order valence-electron chi connectivity index (χ3n) is 2.12. The average Bonchev–Trinajstić information content (AvgIpc) is 2.26. The fourth-order valence-electron chi connectivity index (χ4n) is 1.28. The first-order chi connectivity index (χ1) is 7.58. The van der Waals surface area contributed by atoms with Crippen molar-refractivity contribution in [3.63, 3.8) is 0 Å². The summed E-state index contributed by atoms with van der Waals surface area (Å²) in [7, 11) is 0. The summed E-state index contributed by atoms with van der Waals surface area (Å²) in [6.45, 7) is 0. The van der Waals surface area contributed by atoms with Gasteiger partial charge in [-0.05, 0) is 24.3 Å². The van der Waals surface area contributed by atoms with Crippen molar-refractivity contribution < 1.29 is 4.39 Å². The van der Waals surface area contributed by atoms with Gasteiger partial charge in [0.1, 0.15) is 5.82 Å². The van der Waals surface area contributed by atoms with E-state index in [1.54, 1.807) is 0 Å².